The Hall–Kier alpha value is -1.62. The molecule has 18 heavy (non-hydrogen) atoms. The first-order valence-electron chi connectivity index (χ1n) is 6.03. The second-order valence-electron chi connectivity index (χ2n) is 4.01. The molecule has 3 N–H and O–H groups in total. The first-order valence-corrected chi connectivity index (χ1v) is 6.03. The van der Waals surface area contributed by atoms with E-state index in [2.05, 4.69) is 12.2 Å². The van der Waals surface area contributed by atoms with Gasteiger partial charge in [0.25, 0.3) is 0 Å². The molecule has 0 saturated heterocycles. The summed E-state index contributed by atoms with van der Waals surface area (Å²) in [6, 6.07) is 4.80. The smallest absolute Gasteiger partial charge is 0.220 e. The summed E-state index contributed by atoms with van der Waals surface area (Å²) in [6.45, 7) is 3.70. The van der Waals surface area contributed by atoms with E-state index in [9.17, 15) is 9.18 Å². The summed E-state index contributed by atoms with van der Waals surface area (Å²) in [5.41, 5.74) is 5.83. The molecule has 0 radical (unpaired) electrons. The van der Waals surface area contributed by atoms with E-state index in [0.29, 0.717) is 6.54 Å². The molecule has 0 saturated carbocycles. The summed E-state index contributed by atoms with van der Waals surface area (Å²) >= 11 is 0. The summed E-state index contributed by atoms with van der Waals surface area (Å²) in [7, 11) is 0. The van der Waals surface area contributed by atoms with Crippen molar-refractivity contribution in [1.82, 2.24) is 5.32 Å². The van der Waals surface area contributed by atoms with Crippen LogP contribution in [0.2, 0.25) is 0 Å². The number of amides is 1. The molecule has 0 aromatic heterocycles. The molecule has 1 aromatic rings. The SMILES string of the molecule is CCCNCc1ccc(OCCC(N)=O)c(F)c1. The highest BCUT2D eigenvalue weighted by Crippen LogP contribution is 2.18. The van der Waals surface area contributed by atoms with Crippen LogP contribution in [0.5, 0.6) is 5.75 Å². The molecule has 0 aliphatic heterocycles. The van der Waals surface area contributed by atoms with Gasteiger partial charge in [-0.15, -0.1) is 0 Å². The molecule has 0 aliphatic carbocycles. The van der Waals surface area contributed by atoms with Crippen molar-refractivity contribution in [3.63, 3.8) is 0 Å². The minimum absolute atomic E-state index is 0.0826. The Labute approximate surface area is 106 Å². The van der Waals surface area contributed by atoms with Crippen molar-refractivity contribution in [3.05, 3.63) is 29.6 Å². The number of halogens is 1. The Kier molecular flexibility index (Phi) is 6.14. The van der Waals surface area contributed by atoms with Gasteiger partial charge in [-0.05, 0) is 30.7 Å². The van der Waals surface area contributed by atoms with Gasteiger partial charge in [-0.1, -0.05) is 13.0 Å². The molecule has 0 fully saturated rings. The minimum atomic E-state index is -0.462. The van der Waals surface area contributed by atoms with Crippen LogP contribution < -0.4 is 15.8 Å². The zero-order valence-electron chi connectivity index (χ0n) is 10.5. The molecule has 0 aliphatic rings. The van der Waals surface area contributed by atoms with Crippen molar-refractivity contribution in [2.24, 2.45) is 5.73 Å². The number of rotatable bonds is 8. The number of carbonyl (C=O) groups is 1. The number of ether oxygens (including phenoxy) is 1. The molecule has 0 bridgehead atoms. The third-order valence-corrected chi connectivity index (χ3v) is 2.36. The number of primary amides is 1. The fourth-order valence-electron chi connectivity index (χ4n) is 1.44. The number of hydrogen-bond acceptors (Lipinski definition) is 3. The van der Waals surface area contributed by atoms with Crippen LogP contribution in [0.1, 0.15) is 25.3 Å². The second kappa shape index (κ2) is 7.66. The average molecular weight is 254 g/mol. The van der Waals surface area contributed by atoms with Crippen LogP contribution in [-0.2, 0) is 11.3 Å². The van der Waals surface area contributed by atoms with Crippen LogP contribution in [0.15, 0.2) is 18.2 Å². The van der Waals surface area contributed by atoms with E-state index in [0.717, 1.165) is 18.5 Å². The van der Waals surface area contributed by atoms with E-state index in [1.807, 2.05) is 0 Å². The second-order valence-corrected chi connectivity index (χ2v) is 4.01. The largest absolute Gasteiger partial charge is 0.490 e. The topological polar surface area (TPSA) is 64.3 Å². The van der Waals surface area contributed by atoms with Crippen molar-refractivity contribution in [1.29, 1.82) is 0 Å². The summed E-state index contributed by atoms with van der Waals surface area (Å²) in [5, 5.41) is 3.19. The van der Waals surface area contributed by atoms with E-state index in [1.54, 1.807) is 12.1 Å². The standard InChI is InChI=1S/C13H19FN2O2/c1-2-6-16-9-10-3-4-12(11(14)8-10)18-7-5-13(15)17/h3-4,8,16H,2,5-7,9H2,1H3,(H2,15,17). The molecule has 0 heterocycles. The average Bonchev–Trinajstić information content (AvgIpc) is 2.32. The summed E-state index contributed by atoms with van der Waals surface area (Å²) in [4.78, 5) is 10.5. The van der Waals surface area contributed by atoms with Gasteiger partial charge in [0.1, 0.15) is 0 Å². The summed E-state index contributed by atoms with van der Waals surface area (Å²) < 4.78 is 18.7. The molecular formula is C13H19FN2O2. The van der Waals surface area contributed by atoms with Crippen molar-refractivity contribution >= 4 is 5.91 Å². The van der Waals surface area contributed by atoms with Gasteiger partial charge in [-0.25, -0.2) is 4.39 Å². The molecule has 0 unspecified atom stereocenters. The third-order valence-electron chi connectivity index (χ3n) is 2.36. The fraction of sp³-hybridized carbons (Fsp3) is 0.462. The number of nitrogens with one attached hydrogen (secondary N) is 1. The lowest BCUT2D eigenvalue weighted by molar-refractivity contribution is -0.118. The molecule has 1 amide bonds. The lowest BCUT2D eigenvalue weighted by Gasteiger charge is -2.08. The van der Waals surface area contributed by atoms with E-state index in [4.69, 9.17) is 10.5 Å². The van der Waals surface area contributed by atoms with E-state index in [-0.39, 0.29) is 18.8 Å². The normalized spacial score (nSPS) is 10.3. The summed E-state index contributed by atoms with van der Waals surface area (Å²) in [6.07, 6.45) is 1.12. The number of carbonyl (C=O) groups excluding carboxylic acids is 1. The third kappa shape index (κ3) is 5.14. The van der Waals surface area contributed by atoms with Crippen LogP contribution in [0.4, 0.5) is 4.39 Å². The lowest BCUT2D eigenvalue weighted by atomic mass is 10.2. The Balaban J connectivity index is 2.48. The Morgan fingerprint density at radius 1 is 1.50 bits per heavy atom. The van der Waals surface area contributed by atoms with Crippen molar-refractivity contribution in [3.8, 4) is 5.75 Å². The molecule has 1 rings (SSSR count). The van der Waals surface area contributed by atoms with Gasteiger partial charge in [-0.3, -0.25) is 4.79 Å². The van der Waals surface area contributed by atoms with E-state index < -0.39 is 11.7 Å². The van der Waals surface area contributed by atoms with E-state index in [1.165, 1.54) is 6.07 Å². The van der Waals surface area contributed by atoms with E-state index >= 15 is 0 Å². The van der Waals surface area contributed by atoms with Gasteiger partial charge in [0, 0.05) is 6.54 Å². The van der Waals surface area contributed by atoms with Gasteiger partial charge in [0.15, 0.2) is 11.6 Å². The van der Waals surface area contributed by atoms with Crippen LogP contribution in [0, 0.1) is 5.82 Å². The predicted octanol–water partition coefficient (Wildman–Crippen LogP) is 1.58. The Morgan fingerprint density at radius 2 is 2.28 bits per heavy atom. The fourth-order valence-corrected chi connectivity index (χ4v) is 1.44. The molecule has 1 aromatic carbocycles. The van der Waals surface area contributed by atoms with Gasteiger partial charge in [0.2, 0.25) is 5.91 Å². The molecular weight excluding hydrogens is 235 g/mol. The Morgan fingerprint density at radius 3 is 2.89 bits per heavy atom. The van der Waals surface area contributed by atoms with Crippen molar-refractivity contribution < 1.29 is 13.9 Å². The molecule has 0 spiro atoms. The Bertz CT molecular complexity index is 397. The maximum absolute atomic E-state index is 13.6. The molecule has 4 nitrogen and oxygen atoms in total. The zero-order chi connectivity index (χ0) is 13.4. The maximum Gasteiger partial charge on any atom is 0.220 e. The van der Waals surface area contributed by atoms with Crippen LogP contribution >= 0.6 is 0 Å². The van der Waals surface area contributed by atoms with Gasteiger partial charge in [-0.2, -0.15) is 0 Å². The summed E-state index contributed by atoms with van der Waals surface area (Å²) in [5.74, 6) is -0.735. The first-order chi connectivity index (χ1) is 8.63. The van der Waals surface area contributed by atoms with Crippen LogP contribution in [-0.4, -0.2) is 19.1 Å². The van der Waals surface area contributed by atoms with Crippen molar-refractivity contribution in [2.75, 3.05) is 13.2 Å². The van der Waals surface area contributed by atoms with Crippen molar-refractivity contribution in [2.45, 2.75) is 26.3 Å². The highest BCUT2D eigenvalue weighted by atomic mass is 19.1. The van der Waals surface area contributed by atoms with Gasteiger partial charge >= 0.3 is 0 Å². The maximum atomic E-state index is 13.6. The van der Waals surface area contributed by atoms with Crippen LogP contribution in [0.3, 0.4) is 0 Å². The predicted molar refractivity (Wildman–Crippen MR) is 67.7 cm³/mol. The minimum Gasteiger partial charge on any atom is -0.490 e. The zero-order valence-corrected chi connectivity index (χ0v) is 10.5. The highest BCUT2D eigenvalue weighted by molar-refractivity contribution is 5.73. The lowest BCUT2D eigenvalue weighted by Crippen LogP contribution is -2.15. The van der Waals surface area contributed by atoms with Gasteiger partial charge in [0.05, 0.1) is 13.0 Å². The molecule has 0 atom stereocenters. The van der Waals surface area contributed by atoms with Crippen LogP contribution in [0.25, 0.3) is 0 Å². The molecule has 5 heteroatoms. The monoisotopic (exact) mass is 254 g/mol. The molecule has 100 valence electrons. The van der Waals surface area contributed by atoms with Gasteiger partial charge < -0.3 is 15.8 Å². The number of hydrogen-bond donors (Lipinski definition) is 2. The number of benzene rings is 1. The first kappa shape index (κ1) is 14.4. The highest BCUT2D eigenvalue weighted by Gasteiger charge is 2.05. The number of nitrogens with two attached hydrogens (primary N) is 1. The quantitative estimate of drug-likeness (QED) is 0.692.